The van der Waals surface area contributed by atoms with Gasteiger partial charge in [0.2, 0.25) is 0 Å². The molecule has 16 heavy (non-hydrogen) atoms. The first-order valence-corrected chi connectivity index (χ1v) is 5.97. The molecule has 0 aromatic carbocycles. The van der Waals surface area contributed by atoms with Gasteiger partial charge >= 0.3 is 0 Å². The standard InChI is InChI=1S/C12H16ClNO2/c1-9-6-14-7-11(13)10(9)8-16-12-4-2-3-5-15-12/h6-7,12H,2-5,8H2,1H3. The number of aryl methyl sites for hydroxylation is 1. The van der Waals surface area contributed by atoms with Gasteiger partial charge in [0.05, 0.1) is 11.6 Å². The monoisotopic (exact) mass is 241 g/mol. The number of rotatable bonds is 3. The third-order valence-corrected chi connectivity index (χ3v) is 3.10. The molecule has 4 heteroatoms. The van der Waals surface area contributed by atoms with Crippen molar-refractivity contribution in [2.45, 2.75) is 39.1 Å². The highest BCUT2D eigenvalue weighted by Gasteiger charge is 2.15. The highest BCUT2D eigenvalue weighted by atomic mass is 35.5. The minimum absolute atomic E-state index is 0.0719. The molecule has 0 aliphatic carbocycles. The summed E-state index contributed by atoms with van der Waals surface area (Å²) in [7, 11) is 0. The van der Waals surface area contributed by atoms with E-state index in [4.69, 9.17) is 21.1 Å². The molecule has 0 N–H and O–H groups in total. The van der Waals surface area contributed by atoms with Crippen LogP contribution in [-0.2, 0) is 16.1 Å². The van der Waals surface area contributed by atoms with Crippen LogP contribution in [0.5, 0.6) is 0 Å². The van der Waals surface area contributed by atoms with Gasteiger partial charge in [0, 0.05) is 24.6 Å². The fraction of sp³-hybridized carbons (Fsp3) is 0.583. The minimum atomic E-state index is -0.0719. The first-order valence-electron chi connectivity index (χ1n) is 5.59. The summed E-state index contributed by atoms with van der Waals surface area (Å²) in [6.07, 6.45) is 6.66. The molecule has 2 heterocycles. The summed E-state index contributed by atoms with van der Waals surface area (Å²) in [4.78, 5) is 4.02. The summed E-state index contributed by atoms with van der Waals surface area (Å²) in [5.41, 5.74) is 2.06. The summed E-state index contributed by atoms with van der Waals surface area (Å²) in [6.45, 7) is 3.28. The Hall–Kier alpha value is -0.640. The Bertz CT molecular complexity index is 331. The number of nitrogens with zero attached hydrogens (tertiary/aromatic N) is 1. The SMILES string of the molecule is Cc1cncc(Cl)c1COC1CCCCO1. The lowest BCUT2D eigenvalue weighted by Crippen LogP contribution is -2.22. The van der Waals surface area contributed by atoms with Gasteiger partial charge in [0.15, 0.2) is 6.29 Å². The van der Waals surface area contributed by atoms with E-state index in [1.807, 2.05) is 6.92 Å². The minimum Gasteiger partial charge on any atom is -0.353 e. The molecule has 0 radical (unpaired) electrons. The lowest BCUT2D eigenvalue weighted by Gasteiger charge is -2.23. The van der Waals surface area contributed by atoms with Crippen LogP contribution < -0.4 is 0 Å². The van der Waals surface area contributed by atoms with Crippen LogP contribution in [0, 0.1) is 6.92 Å². The fourth-order valence-corrected chi connectivity index (χ4v) is 2.02. The zero-order valence-electron chi connectivity index (χ0n) is 9.41. The van der Waals surface area contributed by atoms with Crippen molar-refractivity contribution in [3.63, 3.8) is 0 Å². The molecule has 0 spiro atoms. The van der Waals surface area contributed by atoms with Gasteiger partial charge in [0.1, 0.15) is 0 Å². The largest absolute Gasteiger partial charge is 0.353 e. The molecule has 2 rings (SSSR count). The van der Waals surface area contributed by atoms with E-state index >= 15 is 0 Å². The molecular weight excluding hydrogens is 226 g/mol. The number of hydrogen-bond acceptors (Lipinski definition) is 3. The van der Waals surface area contributed by atoms with Crippen LogP contribution in [-0.4, -0.2) is 17.9 Å². The van der Waals surface area contributed by atoms with Crippen LogP contribution in [0.25, 0.3) is 0 Å². The van der Waals surface area contributed by atoms with Gasteiger partial charge in [0.25, 0.3) is 0 Å². The molecular formula is C12H16ClNO2. The van der Waals surface area contributed by atoms with E-state index in [0.29, 0.717) is 11.6 Å². The molecule has 1 atom stereocenters. The Kier molecular flexibility index (Phi) is 4.16. The zero-order valence-corrected chi connectivity index (χ0v) is 10.2. The third kappa shape index (κ3) is 2.94. The van der Waals surface area contributed by atoms with Crippen molar-refractivity contribution in [3.05, 3.63) is 28.5 Å². The molecule has 0 amide bonds. The normalized spacial score (nSPS) is 21.0. The molecule has 0 bridgehead atoms. The van der Waals surface area contributed by atoms with E-state index < -0.39 is 0 Å². The molecule has 1 aromatic heterocycles. The van der Waals surface area contributed by atoms with Crippen molar-refractivity contribution < 1.29 is 9.47 Å². The smallest absolute Gasteiger partial charge is 0.158 e. The summed E-state index contributed by atoms with van der Waals surface area (Å²) < 4.78 is 11.2. The van der Waals surface area contributed by atoms with E-state index in [1.165, 1.54) is 6.42 Å². The molecule has 1 aliphatic heterocycles. The number of aromatic nitrogens is 1. The molecule has 88 valence electrons. The second-order valence-electron chi connectivity index (χ2n) is 4.02. The molecule has 1 fully saturated rings. The summed E-state index contributed by atoms with van der Waals surface area (Å²) >= 11 is 6.06. The van der Waals surface area contributed by atoms with Crippen molar-refractivity contribution >= 4 is 11.6 Å². The Morgan fingerprint density at radius 1 is 1.50 bits per heavy atom. The first-order chi connectivity index (χ1) is 7.77. The van der Waals surface area contributed by atoms with E-state index in [1.54, 1.807) is 12.4 Å². The fourth-order valence-electron chi connectivity index (χ4n) is 1.76. The molecule has 1 unspecified atom stereocenters. The van der Waals surface area contributed by atoms with Crippen molar-refractivity contribution in [2.24, 2.45) is 0 Å². The molecule has 1 saturated heterocycles. The number of hydrogen-bond donors (Lipinski definition) is 0. The maximum absolute atomic E-state index is 6.06. The molecule has 3 nitrogen and oxygen atoms in total. The van der Waals surface area contributed by atoms with Crippen molar-refractivity contribution in [3.8, 4) is 0 Å². The molecule has 1 aromatic rings. The van der Waals surface area contributed by atoms with Gasteiger partial charge < -0.3 is 9.47 Å². The van der Waals surface area contributed by atoms with E-state index in [2.05, 4.69) is 4.98 Å². The van der Waals surface area contributed by atoms with Gasteiger partial charge in [-0.15, -0.1) is 0 Å². The van der Waals surface area contributed by atoms with Crippen LogP contribution in [0.1, 0.15) is 30.4 Å². The summed E-state index contributed by atoms with van der Waals surface area (Å²) in [6, 6.07) is 0. The zero-order chi connectivity index (χ0) is 11.4. The number of ether oxygens (including phenoxy) is 2. The van der Waals surface area contributed by atoms with E-state index in [0.717, 1.165) is 30.6 Å². The quantitative estimate of drug-likeness (QED) is 0.815. The topological polar surface area (TPSA) is 31.4 Å². The highest BCUT2D eigenvalue weighted by Crippen LogP contribution is 2.21. The van der Waals surface area contributed by atoms with Gasteiger partial charge in [-0.1, -0.05) is 11.6 Å². The second kappa shape index (κ2) is 5.62. The Labute approximate surface area is 101 Å². The van der Waals surface area contributed by atoms with Crippen LogP contribution in [0.15, 0.2) is 12.4 Å². The van der Waals surface area contributed by atoms with E-state index in [-0.39, 0.29) is 6.29 Å². The third-order valence-electron chi connectivity index (χ3n) is 2.77. The first kappa shape index (κ1) is 11.8. The predicted octanol–water partition coefficient (Wildman–Crippen LogP) is 3.09. The molecule has 0 saturated carbocycles. The van der Waals surface area contributed by atoms with Crippen LogP contribution in [0.2, 0.25) is 5.02 Å². The lowest BCUT2D eigenvalue weighted by molar-refractivity contribution is -0.169. The van der Waals surface area contributed by atoms with Gasteiger partial charge in [-0.2, -0.15) is 0 Å². The van der Waals surface area contributed by atoms with Crippen molar-refractivity contribution in [1.82, 2.24) is 4.98 Å². The number of pyridine rings is 1. The van der Waals surface area contributed by atoms with E-state index in [9.17, 15) is 0 Å². The average Bonchev–Trinajstić information content (AvgIpc) is 2.30. The maximum Gasteiger partial charge on any atom is 0.158 e. The number of halogens is 1. The summed E-state index contributed by atoms with van der Waals surface area (Å²) in [5, 5.41) is 0.663. The van der Waals surface area contributed by atoms with Crippen LogP contribution in [0.4, 0.5) is 0 Å². The van der Waals surface area contributed by atoms with Crippen LogP contribution >= 0.6 is 11.6 Å². The Balaban J connectivity index is 1.93. The van der Waals surface area contributed by atoms with Gasteiger partial charge in [-0.05, 0) is 31.7 Å². The second-order valence-corrected chi connectivity index (χ2v) is 4.43. The summed E-state index contributed by atoms with van der Waals surface area (Å²) in [5.74, 6) is 0. The molecule has 1 aliphatic rings. The highest BCUT2D eigenvalue weighted by molar-refractivity contribution is 6.31. The van der Waals surface area contributed by atoms with Gasteiger partial charge in [-0.3, -0.25) is 4.98 Å². The maximum atomic E-state index is 6.06. The van der Waals surface area contributed by atoms with Crippen molar-refractivity contribution in [2.75, 3.05) is 6.61 Å². The van der Waals surface area contributed by atoms with Crippen molar-refractivity contribution in [1.29, 1.82) is 0 Å². The predicted molar refractivity (Wildman–Crippen MR) is 62.4 cm³/mol. The van der Waals surface area contributed by atoms with Crippen LogP contribution in [0.3, 0.4) is 0 Å². The lowest BCUT2D eigenvalue weighted by atomic mass is 10.1. The Morgan fingerprint density at radius 3 is 3.06 bits per heavy atom. The Morgan fingerprint density at radius 2 is 2.38 bits per heavy atom. The van der Waals surface area contributed by atoms with Gasteiger partial charge in [-0.25, -0.2) is 0 Å². The average molecular weight is 242 g/mol.